The van der Waals surface area contributed by atoms with Gasteiger partial charge in [-0.1, -0.05) is 127 Å². The summed E-state index contributed by atoms with van der Waals surface area (Å²) in [6, 6.07) is 52.5. The van der Waals surface area contributed by atoms with E-state index in [1.165, 1.54) is 16.5 Å². The molecule has 0 N–H and O–H groups in total. The second-order valence-electron chi connectivity index (χ2n) is 10.4. The van der Waals surface area contributed by atoms with Gasteiger partial charge in [0.25, 0.3) is 0 Å². The quantitative estimate of drug-likeness (QED) is 0.211. The predicted molar refractivity (Wildman–Crippen MR) is 174 cm³/mol. The summed E-state index contributed by atoms with van der Waals surface area (Å²) in [6.45, 7) is 0. The fourth-order valence-corrected chi connectivity index (χ4v) is 5.89. The topological polar surface area (TPSA) is 38.7 Å². The molecule has 0 aliphatic carbocycles. The Morgan fingerprint density at radius 2 is 0.905 bits per heavy atom. The van der Waals surface area contributed by atoms with Crippen LogP contribution in [0.15, 0.2) is 152 Å². The van der Waals surface area contributed by atoms with Crippen molar-refractivity contribution < 1.29 is 0 Å². The maximum atomic E-state index is 5.22. The van der Waals surface area contributed by atoms with Gasteiger partial charge in [-0.15, -0.1) is 0 Å². The maximum Gasteiger partial charge on any atom is 0.160 e. The molecule has 0 unspecified atom stereocenters. The Bertz CT molecular complexity index is 2230. The first-order chi connectivity index (χ1) is 20.8. The van der Waals surface area contributed by atoms with Crippen molar-refractivity contribution >= 4 is 32.6 Å². The van der Waals surface area contributed by atoms with Gasteiger partial charge in [-0.3, -0.25) is 0 Å². The summed E-state index contributed by atoms with van der Waals surface area (Å²) < 4.78 is 0. The van der Waals surface area contributed by atoms with E-state index in [-0.39, 0.29) is 0 Å². The Hall–Kier alpha value is -5.67. The number of nitrogens with zero attached hydrogens (tertiary/aromatic N) is 3. The molecule has 42 heavy (non-hydrogen) atoms. The van der Waals surface area contributed by atoms with Crippen LogP contribution in [0.25, 0.3) is 77.6 Å². The zero-order valence-electron chi connectivity index (χ0n) is 22.8. The molecule has 2 aromatic heterocycles. The molecule has 0 amide bonds. The summed E-state index contributed by atoms with van der Waals surface area (Å²) in [5, 5.41) is 4.42. The first-order valence-corrected chi connectivity index (χ1v) is 14.1. The van der Waals surface area contributed by atoms with Crippen LogP contribution in [0.3, 0.4) is 0 Å². The second kappa shape index (κ2) is 10.1. The van der Waals surface area contributed by atoms with Gasteiger partial charge >= 0.3 is 0 Å². The van der Waals surface area contributed by atoms with Crippen molar-refractivity contribution in [3.63, 3.8) is 0 Å². The van der Waals surface area contributed by atoms with Crippen LogP contribution in [-0.4, -0.2) is 15.0 Å². The summed E-state index contributed by atoms with van der Waals surface area (Å²) >= 11 is 0. The molecule has 0 aliphatic rings. The fourth-order valence-electron chi connectivity index (χ4n) is 5.89. The molecule has 0 fully saturated rings. The molecule has 3 nitrogen and oxygen atoms in total. The van der Waals surface area contributed by atoms with Crippen molar-refractivity contribution in [2.24, 2.45) is 0 Å². The van der Waals surface area contributed by atoms with E-state index >= 15 is 0 Å². The smallest absolute Gasteiger partial charge is 0.160 e. The molecule has 0 saturated carbocycles. The summed E-state index contributed by atoms with van der Waals surface area (Å²) in [5.74, 6) is 0.701. The van der Waals surface area contributed by atoms with Gasteiger partial charge in [-0.25, -0.2) is 15.0 Å². The molecule has 2 heterocycles. The number of hydrogen-bond acceptors (Lipinski definition) is 3. The zero-order chi connectivity index (χ0) is 27.9. The van der Waals surface area contributed by atoms with Crippen LogP contribution in [-0.2, 0) is 0 Å². The van der Waals surface area contributed by atoms with E-state index in [1.54, 1.807) is 0 Å². The number of pyridine rings is 1. The molecular weight excluding hydrogens is 510 g/mol. The summed E-state index contributed by atoms with van der Waals surface area (Å²) in [4.78, 5) is 15.4. The standard InChI is InChI=1S/C39H25N3/c1-4-13-26(14-5-1)30-20-12-21-32-36(30)33-25-29(23-24-35(33)40-38(32)28-17-8-3-9-18-28)39-41-34-22-11-10-19-31(34)37(42-39)27-15-6-2-7-16-27/h1-25H. The van der Waals surface area contributed by atoms with E-state index in [9.17, 15) is 0 Å². The molecule has 0 saturated heterocycles. The number of aromatic nitrogens is 3. The first kappa shape index (κ1) is 24.2. The molecule has 0 bridgehead atoms. The lowest BCUT2D eigenvalue weighted by atomic mass is 9.92. The van der Waals surface area contributed by atoms with Crippen molar-refractivity contribution in [1.29, 1.82) is 0 Å². The highest BCUT2D eigenvalue weighted by Crippen LogP contribution is 2.40. The summed E-state index contributed by atoms with van der Waals surface area (Å²) in [6.07, 6.45) is 0. The average Bonchev–Trinajstić information content (AvgIpc) is 3.08. The van der Waals surface area contributed by atoms with Gasteiger partial charge in [0.05, 0.1) is 22.4 Å². The number of hydrogen-bond donors (Lipinski definition) is 0. The lowest BCUT2D eigenvalue weighted by Gasteiger charge is -2.15. The minimum Gasteiger partial charge on any atom is -0.247 e. The van der Waals surface area contributed by atoms with E-state index in [1.807, 2.05) is 24.3 Å². The monoisotopic (exact) mass is 535 g/mol. The molecule has 0 radical (unpaired) electrons. The first-order valence-electron chi connectivity index (χ1n) is 14.1. The van der Waals surface area contributed by atoms with Gasteiger partial charge in [0, 0.05) is 38.2 Å². The highest BCUT2D eigenvalue weighted by atomic mass is 14.9. The SMILES string of the molecule is c1ccc(-c2nc(-c3ccc4nc(-c5ccccc5)c5cccc(-c6ccccc6)c5c4c3)nc3ccccc23)cc1. The third kappa shape index (κ3) is 4.11. The van der Waals surface area contributed by atoms with Crippen LogP contribution < -0.4 is 0 Å². The lowest BCUT2D eigenvalue weighted by Crippen LogP contribution is -1.96. The van der Waals surface area contributed by atoms with Crippen LogP contribution in [0.1, 0.15) is 0 Å². The van der Waals surface area contributed by atoms with E-state index in [4.69, 9.17) is 15.0 Å². The van der Waals surface area contributed by atoms with Gasteiger partial charge in [-0.2, -0.15) is 0 Å². The molecule has 8 rings (SSSR count). The molecule has 6 aromatic carbocycles. The van der Waals surface area contributed by atoms with E-state index in [0.29, 0.717) is 5.82 Å². The molecule has 0 atom stereocenters. The van der Waals surface area contributed by atoms with Crippen molar-refractivity contribution in [1.82, 2.24) is 15.0 Å². The average molecular weight is 536 g/mol. The third-order valence-electron chi connectivity index (χ3n) is 7.86. The number of benzene rings is 6. The van der Waals surface area contributed by atoms with Gasteiger partial charge in [0.1, 0.15) is 0 Å². The van der Waals surface area contributed by atoms with Crippen LogP contribution in [0.4, 0.5) is 0 Å². The normalized spacial score (nSPS) is 11.3. The van der Waals surface area contributed by atoms with E-state index in [2.05, 4.69) is 127 Å². The van der Waals surface area contributed by atoms with E-state index < -0.39 is 0 Å². The van der Waals surface area contributed by atoms with Crippen LogP contribution in [0, 0.1) is 0 Å². The van der Waals surface area contributed by atoms with Crippen molar-refractivity contribution in [3.8, 4) is 45.0 Å². The molecule has 8 aromatic rings. The lowest BCUT2D eigenvalue weighted by molar-refractivity contribution is 1.23. The van der Waals surface area contributed by atoms with Crippen LogP contribution >= 0.6 is 0 Å². The van der Waals surface area contributed by atoms with Crippen molar-refractivity contribution in [2.45, 2.75) is 0 Å². The van der Waals surface area contributed by atoms with Gasteiger partial charge < -0.3 is 0 Å². The summed E-state index contributed by atoms with van der Waals surface area (Å²) in [5.41, 5.74) is 9.27. The van der Waals surface area contributed by atoms with Gasteiger partial charge in [0.15, 0.2) is 5.82 Å². The predicted octanol–water partition coefficient (Wildman–Crippen LogP) is 10.00. The number of rotatable bonds is 4. The largest absolute Gasteiger partial charge is 0.247 e. The Labute approximate surface area is 243 Å². The molecule has 196 valence electrons. The minimum absolute atomic E-state index is 0.701. The Morgan fingerprint density at radius 3 is 1.62 bits per heavy atom. The number of para-hydroxylation sites is 1. The van der Waals surface area contributed by atoms with Crippen molar-refractivity contribution in [2.75, 3.05) is 0 Å². The number of fused-ring (bicyclic) bond motifs is 4. The summed E-state index contributed by atoms with van der Waals surface area (Å²) in [7, 11) is 0. The molecule has 0 aliphatic heterocycles. The second-order valence-corrected chi connectivity index (χ2v) is 10.4. The minimum atomic E-state index is 0.701. The molecular formula is C39H25N3. The molecule has 0 spiro atoms. The highest BCUT2D eigenvalue weighted by Gasteiger charge is 2.17. The Morgan fingerprint density at radius 1 is 0.333 bits per heavy atom. The zero-order valence-corrected chi connectivity index (χ0v) is 22.8. The van der Waals surface area contributed by atoms with Gasteiger partial charge in [-0.05, 0) is 35.4 Å². The maximum absolute atomic E-state index is 5.22. The Balaban J connectivity index is 1.43. The highest BCUT2D eigenvalue weighted by molar-refractivity contribution is 6.17. The van der Waals surface area contributed by atoms with Crippen molar-refractivity contribution in [3.05, 3.63) is 152 Å². The Kier molecular flexibility index (Phi) is 5.79. The molecule has 3 heteroatoms. The van der Waals surface area contributed by atoms with Crippen LogP contribution in [0.5, 0.6) is 0 Å². The van der Waals surface area contributed by atoms with Crippen LogP contribution in [0.2, 0.25) is 0 Å². The third-order valence-corrected chi connectivity index (χ3v) is 7.86. The fraction of sp³-hybridized carbons (Fsp3) is 0. The van der Waals surface area contributed by atoms with Gasteiger partial charge in [0.2, 0.25) is 0 Å². The van der Waals surface area contributed by atoms with E-state index in [0.717, 1.165) is 55.3 Å².